The zero-order valence-corrected chi connectivity index (χ0v) is 12.4. The van der Waals surface area contributed by atoms with E-state index in [0.717, 1.165) is 19.5 Å². The summed E-state index contributed by atoms with van der Waals surface area (Å²) in [7, 11) is -0.711. The van der Waals surface area contributed by atoms with Crippen molar-refractivity contribution < 1.29 is 4.21 Å². The molecule has 2 unspecified atom stereocenters. The zero-order chi connectivity index (χ0) is 13.0. The lowest BCUT2D eigenvalue weighted by atomic mass is 10.2. The first-order valence-electron chi connectivity index (χ1n) is 6.16. The number of benzene rings is 1. The van der Waals surface area contributed by atoms with Crippen molar-refractivity contribution in [3.05, 3.63) is 35.2 Å². The van der Waals surface area contributed by atoms with Crippen LogP contribution in [0.15, 0.2) is 29.6 Å². The number of nitrogens with one attached hydrogen (secondary N) is 1. The van der Waals surface area contributed by atoms with Gasteiger partial charge in [0.05, 0.1) is 0 Å². The maximum atomic E-state index is 11.2. The molecule has 1 heterocycles. The summed E-state index contributed by atoms with van der Waals surface area (Å²) in [5, 5.41) is 7.28. The summed E-state index contributed by atoms with van der Waals surface area (Å²) >= 11 is 1.79. The molecule has 0 aliphatic carbocycles. The summed E-state index contributed by atoms with van der Waals surface area (Å²) in [4.78, 5) is 0. The van der Waals surface area contributed by atoms with Crippen molar-refractivity contribution in [1.82, 2.24) is 5.32 Å². The number of hydrogen-bond acceptors (Lipinski definition) is 3. The van der Waals surface area contributed by atoms with E-state index in [-0.39, 0.29) is 5.25 Å². The smallest absolute Gasteiger partial charge is 0.0346 e. The van der Waals surface area contributed by atoms with E-state index >= 15 is 0 Å². The first kappa shape index (κ1) is 13.7. The van der Waals surface area contributed by atoms with E-state index in [4.69, 9.17) is 0 Å². The fraction of sp³-hybridized carbons (Fsp3) is 0.429. The Bertz CT molecular complexity index is 535. The summed E-state index contributed by atoms with van der Waals surface area (Å²) in [5.41, 5.74) is 1.36. The van der Waals surface area contributed by atoms with Gasteiger partial charge < -0.3 is 5.32 Å². The first-order valence-corrected chi connectivity index (χ1v) is 8.66. The summed E-state index contributed by atoms with van der Waals surface area (Å²) in [6.07, 6.45) is 2.74. The Morgan fingerprint density at radius 3 is 2.94 bits per heavy atom. The SMILES string of the molecule is CC(CCNCc1csc2ccccc12)S(C)=O. The van der Waals surface area contributed by atoms with Crippen LogP contribution >= 0.6 is 11.3 Å². The average molecular weight is 281 g/mol. The van der Waals surface area contributed by atoms with E-state index in [0.29, 0.717) is 0 Å². The van der Waals surface area contributed by atoms with E-state index in [1.165, 1.54) is 15.6 Å². The van der Waals surface area contributed by atoms with Gasteiger partial charge in [0.25, 0.3) is 0 Å². The van der Waals surface area contributed by atoms with Gasteiger partial charge in [0, 0.05) is 33.5 Å². The standard InChI is InChI=1S/C14H19NOS2/c1-11(18(2)16)7-8-15-9-12-10-17-14-6-4-3-5-13(12)14/h3-6,10-11,15H,7-9H2,1-2H3. The molecule has 1 aromatic carbocycles. The maximum absolute atomic E-state index is 11.2. The lowest BCUT2D eigenvalue weighted by Gasteiger charge is -2.08. The van der Waals surface area contributed by atoms with Crippen LogP contribution < -0.4 is 5.32 Å². The minimum atomic E-state index is -0.711. The Morgan fingerprint density at radius 2 is 2.17 bits per heavy atom. The highest BCUT2D eigenvalue weighted by atomic mass is 32.2. The highest BCUT2D eigenvalue weighted by Gasteiger charge is 2.06. The van der Waals surface area contributed by atoms with E-state index < -0.39 is 10.8 Å². The van der Waals surface area contributed by atoms with E-state index in [1.54, 1.807) is 17.6 Å². The molecular weight excluding hydrogens is 262 g/mol. The Balaban J connectivity index is 1.85. The van der Waals surface area contributed by atoms with Crippen LogP contribution in [0.1, 0.15) is 18.9 Å². The normalized spacial score (nSPS) is 14.8. The van der Waals surface area contributed by atoms with Crippen molar-refractivity contribution in [2.75, 3.05) is 12.8 Å². The molecule has 0 fully saturated rings. The fourth-order valence-corrected chi connectivity index (χ4v) is 3.28. The molecule has 1 aromatic heterocycles. The van der Waals surface area contributed by atoms with Gasteiger partial charge in [-0.1, -0.05) is 25.1 Å². The van der Waals surface area contributed by atoms with Gasteiger partial charge in [0.1, 0.15) is 0 Å². The Hall–Kier alpha value is -0.710. The average Bonchev–Trinajstić information content (AvgIpc) is 2.77. The second-order valence-electron chi connectivity index (χ2n) is 4.53. The molecule has 0 aliphatic rings. The number of rotatable bonds is 6. The Morgan fingerprint density at radius 1 is 1.39 bits per heavy atom. The van der Waals surface area contributed by atoms with Gasteiger partial charge in [0.2, 0.25) is 0 Å². The first-order chi connectivity index (χ1) is 8.68. The third kappa shape index (κ3) is 3.40. The third-order valence-corrected chi connectivity index (χ3v) is 5.55. The molecule has 0 saturated carbocycles. The van der Waals surface area contributed by atoms with Crippen LogP contribution in [-0.4, -0.2) is 22.3 Å². The van der Waals surface area contributed by atoms with Gasteiger partial charge in [-0.25, -0.2) is 0 Å². The van der Waals surface area contributed by atoms with Crippen molar-refractivity contribution >= 4 is 32.2 Å². The summed E-state index contributed by atoms with van der Waals surface area (Å²) < 4.78 is 12.6. The Labute approximate surface area is 115 Å². The second kappa shape index (κ2) is 6.45. The number of hydrogen-bond donors (Lipinski definition) is 1. The number of fused-ring (bicyclic) bond motifs is 1. The van der Waals surface area contributed by atoms with E-state index in [2.05, 4.69) is 35.0 Å². The maximum Gasteiger partial charge on any atom is 0.0346 e. The quantitative estimate of drug-likeness (QED) is 0.824. The lowest BCUT2D eigenvalue weighted by Crippen LogP contribution is -2.20. The predicted octanol–water partition coefficient (Wildman–Crippen LogP) is 3.15. The summed E-state index contributed by atoms with van der Waals surface area (Å²) in [5.74, 6) is 0. The van der Waals surface area contributed by atoms with Crippen LogP contribution in [-0.2, 0) is 17.3 Å². The van der Waals surface area contributed by atoms with Crippen LogP contribution in [0, 0.1) is 0 Å². The summed E-state index contributed by atoms with van der Waals surface area (Å²) in [6.45, 7) is 3.86. The highest BCUT2D eigenvalue weighted by molar-refractivity contribution is 7.84. The molecular formula is C14H19NOS2. The minimum absolute atomic E-state index is 0.275. The van der Waals surface area contributed by atoms with Crippen LogP contribution in [0.2, 0.25) is 0 Å². The molecule has 0 spiro atoms. The largest absolute Gasteiger partial charge is 0.313 e. The molecule has 4 heteroatoms. The van der Waals surface area contributed by atoms with E-state index in [1.807, 2.05) is 6.92 Å². The van der Waals surface area contributed by atoms with Crippen LogP contribution in [0.4, 0.5) is 0 Å². The molecule has 0 saturated heterocycles. The molecule has 2 aromatic rings. The molecule has 2 rings (SSSR count). The number of thiophene rings is 1. The van der Waals surface area contributed by atoms with Gasteiger partial charge in [-0.05, 0) is 35.4 Å². The monoisotopic (exact) mass is 281 g/mol. The van der Waals surface area contributed by atoms with Crippen molar-refractivity contribution in [3.8, 4) is 0 Å². The summed E-state index contributed by atoms with van der Waals surface area (Å²) in [6, 6.07) is 8.49. The predicted molar refractivity (Wildman–Crippen MR) is 81.7 cm³/mol. The molecule has 0 amide bonds. The van der Waals surface area contributed by atoms with Crippen molar-refractivity contribution in [3.63, 3.8) is 0 Å². The van der Waals surface area contributed by atoms with Gasteiger partial charge in [-0.15, -0.1) is 11.3 Å². The van der Waals surface area contributed by atoms with Gasteiger partial charge in [-0.3, -0.25) is 4.21 Å². The van der Waals surface area contributed by atoms with Gasteiger partial charge >= 0.3 is 0 Å². The minimum Gasteiger partial charge on any atom is -0.313 e. The van der Waals surface area contributed by atoms with Crippen molar-refractivity contribution in [1.29, 1.82) is 0 Å². The van der Waals surface area contributed by atoms with E-state index in [9.17, 15) is 4.21 Å². The zero-order valence-electron chi connectivity index (χ0n) is 10.8. The fourth-order valence-electron chi connectivity index (χ4n) is 1.86. The van der Waals surface area contributed by atoms with Crippen molar-refractivity contribution in [2.24, 2.45) is 0 Å². The van der Waals surface area contributed by atoms with Crippen LogP contribution in [0.25, 0.3) is 10.1 Å². The topological polar surface area (TPSA) is 29.1 Å². The molecule has 2 atom stereocenters. The van der Waals surface area contributed by atoms with Gasteiger partial charge in [0.15, 0.2) is 0 Å². The molecule has 0 radical (unpaired) electrons. The molecule has 0 bridgehead atoms. The molecule has 0 aliphatic heterocycles. The van der Waals surface area contributed by atoms with Crippen LogP contribution in [0.3, 0.4) is 0 Å². The molecule has 98 valence electrons. The highest BCUT2D eigenvalue weighted by Crippen LogP contribution is 2.25. The molecule has 18 heavy (non-hydrogen) atoms. The third-order valence-electron chi connectivity index (χ3n) is 3.17. The molecule has 1 N–H and O–H groups in total. The molecule has 2 nitrogen and oxygen atoms in total. The van der Waals surface area contributed by atoms with Crippen LogP contribution in [0.5, 0.6) is 0 Å². The Kier molecular flexibility index (Phi) is 4.92. The second-order valence-corrected chi connectivity index (χ2v) is 7.24. The lowest BCUT2D eigenvalue weighted by molar-refractivity contribution is 0.630. The van der Waals surface area contributed by atoms with Gasteiger partial charge in [-0.2, -0.15) is 0 Å². The van der Waals surface area contributed by atoms with Crippen molar-refractivity contribution in [2.45, 2.75) is 25.1 Å².